The zero-order valence-electron chi connectivity index (χ0n) is 8.09. The van der Waals surface area contributed by atoms with Crippen LogP contribution in [0.3, 0.4) is 0 Å². The topological polar surface area (TPSA) is 47.3 Å². The maximum atomic E-state index is 12.5. The largest absolute Gasteiger partial charge is 0.487 e. The average Bonchev–Trinajstić information content (AvgIpc) is 2.27. The van der Waals surface area contributed by atoms with Crippen molar-refractivity contribution in [1.82, 2.24) is 0 Å². The molecule has 7 heteroatoms. The van der Waals surface area contributed by atoms with Crippen LogP contribution in [0.25, 0.3) is 0 Å². The number of alkyl halides is 4. The maximum Gasteiger partial charge on any atom is 0.340 e. The minimum absolute atomic E-state index is 0.0688. The third kappa shape index (κ3) is 3.27. The van der Waals surface area contributed by atoms with Gasteiger partial charge < -0.3 is 10.2 Å². The van der Waals surface area contributed by atoms with Gasteiger partial charge in [-0.25, -0.2) is 8.78 Å². The van der Waals surface area contributed by atoms with Crippen LogP contribution < -0.4 is 16.0 Å². The first-order chi connectivity index (χ1) is 7.45. The third-order valence-electron chi connectivity index (χ3n) is 1.77. The summed E-state index contributed by atoms with van der Waals surface area (Å²) in [5.41, 5.74) is 2.87. The average molecular weight is 238 g/mol. The van der Waals surface area contributed by atoms with Crippen molar-refractivity contribution in [2.24, 2.45) is 5.84 Å². The zero-order valence-corrected chi connectivity index (χ0v) is 8.09. The highest BCUT2D eigenvalue weighted by Gasteiger charge is 2.41. The Bertz CT molecular complexity index is 329. The summed E-state index contributed by atoms with van der Waals surface area (Å²) in [6.07, 6.45) is -3.74. The molecule has 0 bridgehead atoms. The van der Waals surface area contributed by atoms with Gasteiger partial charge in [0.05, 0.1) is 0 Å². The smallest absolute Gasteiger partial charge is 0.340 e. The first-order valence-corrected chi connectivity index (χ1v) is 4.31. The van der Waals surface area contributed by atoms with Gasteiger partial charge in [0.15, 0.2) is 6.61 Å². The van der Waals surface area contributed by atoms with Gasteiger partial charge in [-0.1, -0.05) is 0 Å². The molecule has 1 aromatic rings. The van der Waals surface area contributed by atoms with Gasteiger partial charge in [0.25, 0.3) is 0 Å². The number of nitrogen functional groups attached to an aromatic ring is 1. The van der Waals surface area contributed by atoms with Crippen molar-refractivity contribution in [3.63, 3.8) is 0 Å². The van der Waals surface area contributed by atoms with Gasteiger partial charge >= 0.3 is 12.3 Å². The number of hydrogen-bond acceptors (Lipinski definition) is 3. The Balaban J connectivity index is 2.54. The summed E-state index contributed by atoms with van der Waals surface area (Å²) in [6, 6.07) is 5.62. The lowest BCUT2D eigenvalue weighted by atomic mass is 10.3. The number of nitrogens with one attached hydrogen (secondary N) is 1. The number of rotatable bonds is 5. The fraction of sp³-hybridized carbons (Fsp3) is 0.333. The lowest BCUT2D eigenvalue weighted by molar-refractivity contribution is -0.148. The summed E-state index contributed by atoms with van der Waals surface area (Å²) in [5.74, 6) is 0.994. The van der Waals surface area contributed by atoms with E-state index < -0.39 is 19.0 Å². The van der Waals surface area contributed by atoms with Gasteiger partial charge in [0.1, 0.15) is 5.75 Å². The Morgan fingerprint density at radius 3 is 2.25 bits per heavy atom. The molecule has 3 N–H and O–H groups in total. The molecule has 0 saturated heterocycles. The molecular weight excluding hydrogens is 228 g/mol. The standard InChI is InChI=1S/C9H10F4N2O/c10-8(11)9(12,13)5-16-7-3-1-6(15-14)2-4-7/h1-4,8,15H,5,14H2. The van der Waals surface area contributed by atoms with E-state index in [2.05, 4.69) is 10.2 Å². The lowest BCUT2D eigenvalue weighted by Gasteiger charge is -2.15. The first kappa shape index (κ1) is 12.6. The number of anilines is 1. The van der Waals surface area contributed by atoms with Gasteiger partial charge in [-0.2, -0.15) is 8.78 Å². The number of nitrogens with two attached hydrogens (primary N) is 1. The minimum Gasteiger partial charge on any atom is -0.487 e. The molecule has 16 heavy (non-hydrogen) atoms. The Kier molecular flexibility index (Phi) is 3.94. The molecule has 0 saturated carbocycles. The van der Waals surface area contributed by atoms with Crippen molar-refractivity contribution in [3.8, 4) is 5.75 Å². The molecule has 0 atom stereocenters. The molecule has 0 spiro atoms. The fourth-order valence-corrected chi connectivity index (χ4v) is 0.890. The first-order valence-electron chi connectivity index (χ1n) is 4.31. The summed E-state index contributed by atoms with van der Waals surface area (Å²) < 4.78 is 53.0. The molecule has 90 valence electrons. The lowest BCUT2D eigenvalue weighted by Crippen LogP contribution is -2.33. The van der Waals surface area contributed by atoms with E-state index in [0.29, 0.717) is 5.69 Å². The van der Waals surface area contributed by atoms with Crippen LogP contribution in [0, 0.1) is 0 Å². The number of hydrazine groups is 1. The monoisotopic (exact) mass is 238 g/mol. The molecule has 0 unspecified atom stereocenters. The Labute approximate surface area is 89.2 Å². The molecule has 0 fully saturated rings. The van der Waals surface area contributed by atoms with Gasteiger partial charge in [-0.05, 0) is 24.3 Å². The van der Waals surface area contributed by atoms with Crippen LogP contribution in [-0.2, 0) is 0 Å². The summed E-state index contributed by atoms with van der Waals surface area (Å²) in [6.45, 7) is -1.36. The highest BCUT2D eigenvalue weighted by Crippen LogP contribution is 2.24. The van der Waals surface area contributed by atoms with Crippen LogP contribution >= 0.6 is 0 Å². The van der Waals surface area contributed by atoms with E-state index in [4.69, 9.17) is 5.84 Å². The van der Waals surface area contributed by atoms with Gasteiger partial charge in [0, 0.05) is 5.69 Å². The number of benzene rings is 1. The van der Waals surface area contributed by atoms with Crippen molar-refractivity contribution in [3.05, 3.63) is 24.3 Å². The van der Waals surface area contributed by atoms with Crippen LogP contribution in [0.15, 0.2) is 24.3 Å². The summed E-state index contributed by atoms with van der Waals surface area (Å²) >= 11 is 0. The molecule has 1 rings (SSSR count). The Morgan fingerprint density at radius 2 is 1.81 bits per heavy atom. The van der Waals surface area contributed by atoms with Crippen LogP contribution in [0.5, 0.6) is 5.75 Å². The minimum atomic E-state index is -4.15. The second-order valence-corrected chi connectivity index (χ2v) is 3.02. The fourth-order valence-electron chi connectivity index (χ4n) is 0.890. The molecule has 0 heterocycles. The normalized spacial score (nSPS) is 11.6. The number of halogens is 4. The predicted octanol–water partition coefficient (Wildman–Crippen LogP) is 2.25. The molecule has 0 aromatic heterocycles. The molecule has 0 aliphatic rings. The summed E-state index contributed by atoms with van der Waals surface area (Å²) in [5, 5.41) is 0. The Hall–Kier alpha value is -1.50. The van der Waals surface area contributed by atoms with Gasteiger partial charge in [-0.15, -0.1) is 0 Å². The summed E-state index contributed by atoms with van der Waals surface area (Å²) in [4.78, 5) is 0. The molecular formula is C9H10F4N2O. The highest BCUT2D eigenvalue weighted by molar-refractivity contribution is 5.45. The van der Waals surface area contributed by atoms with E-state index in [1.54, 1.807) is 0 Å². The van der Waals surface area contributed by atoms with E-state index in [-0.39, 0.29) is 5.75 Å². The quantitative estimate of drug-likeness (QED) is 0.470. The number of ether oxygens (including phenoxy) is 1. The van der Waals surface area contributed by atoms with E-state index in [1.165, 1.54) is 24.3 Å². The molecule has 0 radical (unpaired) electrons. The molecule has 1 aromatic carbocycles. The molecule has 0 amide bonds. The predicted molar refractivity (Wildman–Crippen MR) is 50.7 cm³/mol. The van der Waals surface area contributed by atoms with E-state index >= 15 is 0 Å². The maximum absolute atomic E-state index is 12.5. The molecule has 3 nitrogen and oxygen atoms in total. The van der Waals surface area contributed by atoms with Gasteiger partial charge in [-0.3, -0.25) is 5.84 Å². The molecule has 0 aliphatic carbocycles. The number of hydrogen-bond donors (Lipinski definition) is 2. The van der Waals surface area contributed by atoms with Crippen molar-refractivity contribution in [2.75, 3.05) is 12.0 Å². The zero-order chi connectivity index (χ0) is 12.2. The van der Waals surface area contributed by atoms with Crippen molar-refractivity contribution < 1.29 is 22.3 Å². The van der Waals surface area contributed by atoms with Crippen molar-refractivity contribution >= 4 is 5.69 Å². The third-order valence-corrected chi connectivity index (χ3v) is 1.77. The summed E-state index contributed by atoms with van der Waals surface area (Å²) in [7, 11) is 0. The second kappa shape index (κ2) is 5.02. The molecule has 0 aliphatic heterocycles. The van der Waals surface area contributed by atoms with Gasteiger partial charge in [0.2, 0.25) is 0 Å². The van der Waals surface area contributed by atoms with Crippen LogP contribution in [0.1, 0.15) is 0 Å². The highest BCUT2D eigenvalue weighted by atomic mass is 19.3. The van der Waals surface area contributed by atoms with Crippen molar-refractivity contribution in [1.29, 1.82) is 0 Å². The van der Waals surface area contributed by atoms with Crippen LogP contribution in [-0.4, -0.2) is 19.0 Å². The van der Waals surface area contributed by atoms with Crippen LogP contribution in [0.4, 0.5) is 23.2 Å². The van der Waals surface area contributed by atoms with Crippen molar-refractivity contribution in [2.45, 2.75) is 12.3 Å². The second-order valence-electron chi connectivity index (χ2n) is 3.02. The van der Waals surface area contributed by atoms with E-state index in [9.17, 15) is 17.6 Å². The van der Waals surface area contributed by atoms with Crippen LogP contribution in [0.2, 0.25) is 0 Å². The SMILES string of the molecule is NNc1ccc(OCC(F)(F)C(F)F)cc1. The van der Waals surface area contributed by atoms with E-state index in [1.807, 2.05) is 0 Å². The Morgan fingerprint density at radius 1 is 1.25 bits per heavy atom. The van der Waals surface area contributed by atoms with E-state index in [0.717, 1.165) is 0 Å².